The lowest BCUT2D eigenvalue weighted by Crippen LogP contribution is -2.25. The summed E-state index contributed by atoms with van der Waals surface area (Å²) in [5.74, 6) is -0.247. The molecule has 0 amide bonds. The predicted octanol–water partition coefficient (Wildman–Crippen LogP) is 6.56. The van der Waals surface area contributed by atoms with E-state index in [9.17, 15) is 13.2 Å². The molecule has 196 valence electrons. The van der Waals surface area contributed by atoms with Crippen LogP contribution in [0.5, 0.6) is 5.75 Å². The molecule has 6 nitrogen and oxygen atoms in total. The molecule has 0 fully saturated rings. The third-order valence-electron chi connectivity index (χ3n) is 6.66. The van der Waals surface area contributed by atoms with Crippen molar-refractivity contribution >= 4 is 34.9 Å². The van der Waals surface area contributed by atoms with Crippen LogP contribution in [0.25, 0.3) is 0 Å². The minimum atomic E-state index is -4.73. The number of para-hydroxylation sites is 1. The van der Waals surface area contributed by atoms with Gasteiger partial charge in [-0.05, 0) is 97.1 Å². The molecular formula is C28H25F3N4O2S. The van der Waals surface area contributed by atoms with Gasteiger partial charge in [-0.25, -0.2) is 0 Å². The SMILES string of the molecule is Cc1cccc(C)c1NC(=S)N/N=C/c1ccc2c(c1)CCC1C(c3ccc(OC(F)(F)F)cc3)=NOC21. The van der Waals surface area contributed by atoms with Gasteiger partial charge in [0.2, 0.25) is 0 Å². The molecule has 3 aromatic rings. The van der Waals surface area contributed by atoms with Crippen LogP contribution in [0.2, 0.25) is 0 Å². The summed E-state index contributed by atoms with van der Waals surface area (Å²) in [4.78, 5) is 5.79. The molecule has 2 unspecified atom stereocenters. The number of benzene rings is 3. The number of hydrogen-bond donors (Lipinski definition) is 2. The van der Waals surface area contributed by atoms with Crippen molar-refractivity contribution in [2.24, 2.45) is 16.2 Å². The Balaban J connectivity index is 1.22. The zero-order chi connectivity index (χ0) is 26.9. The van der Waals surface area contributed by atoms with Crippen LogP contribution < -0.4 is 15.5 Å². The lowest BCUT2D eigenvalue weighted by molar-refractivity contribution is -0.274. The van der Waals surface area contributed by atoms with Gasteiger partial charge in [0.25, 0.3) is 0 Å². The number of fused-ring (bicyclic) bond motifs is 3. The maximum Gasteiger partial charge on any atom is 0.573 e. The van der Waals surface area contributed by atoms with E-state index < -0.39 is 6.36 Å². The van der Waals surface area contributed by atoms with Crippen molar-refractivity contribution in [1.29, 1.82) is 0 Å². The van der Waals surface area contributed by atoms with Crippen molar-refractivity contribution in [3.8, 4) is 5.75 Å². The summed E-state index contributed by atoms with van der Waals surface area (Å²) in [6.07, 6.45) is -1.63. The Morgan fingerprint density at radius 2 is 1.84 bits per heavy atom. The second kappa shape index (κ2) is 10.4. The number of rotatable bonds is 5. The number of ether oxygens (including phenoxy) is 1. The second-order valence-electron chi connectivity index (χ2n) is 9.27. The van der Waals surface area contributed by atoms with E-state index in [1.54, 1.807) is 18.3 Å². The van der Waals surface area contributed by atoms with E-state index in [4.69, 9.17) is 17.1 Å². The van der Waals surface area contributed by atoms with Crippen LogP contribution in [-0.2, 0) is 11.3 Å². The smallest absolute Gasteiger partial charge is 0.406 e. The Hall–Kier alpha value is -3.92. The van der Waals surface area contributed by atoms with Gasteiger partial charge in [0.1, 0.15) is 5.75 Å². The van der Waals surface area contributed by atoms with Gasteiger partial charge in [-0.3, -0.25) is 5.43 Å². The number of halogens is 3. The van der Waals surface area contributed by atoms with Crippen molar-refractivity contribution in [3.05, 3.63) is 94.0 Å². The number of hydrazone groups is 1. The van der Waals surface area contributed by atoms with Gasteiger partial charge in [0, 0.05) is 17.2 Å². The summed E-state index contributed by atoms with van der Waals surface area (Å²) >= 11 is 5.38. The molecule has 0 saturated heterocycles. The molecule has 2 atom stereocenters. The largest absolute Gasteiger partial charge is 0.573 e. The van der Waals surface area contributed by atoms with Gasteiger partial charge < -0.3 is 14.9 Å². The van der Waals surface area contributed by atoms with Crippen LogP contribution >= 0.6 is 12.2 Å². The van der Waals surface area contributed by atoms with Crippen molar-refractivity contribution in [2.45, 2.75) is 39.2 Å². The van der Waals surface area contributed by atoms with E-state index in [1.807, 2.05) is 44.2 Å². The van der Waals surface area contributed by atoms with E-state index in [1.165, 1.54) is 12.1 Å². The maximum absolute atomic E-state index is 12.5. The van der Waals surface area contributed by atoms with Crippen molar-refractivity contribution < 1.29 is 22.7 Å². The zero-order valence-electron chi connectivity index (χ0n) is 20.7. The van der Waals surface area contributed by atoms with Crippen LogP contribution in [0.15, 0.2) is 70.9 Å². The quantitative estimate of drug-likeness (QED) is 0.219. The average Bonchev–Trinajstić information content (AvgIpc) is 3.30. The minimum absolute atomic E-state index is 0.0198. The Morgan fingerprint density at radius 3 is 2.55 bits per heavy atom. The highest BCUT2D eigenvalue weighted by molar-refractivity contribution is 7.80. The van der Waals surface area contributed by atoms with Crippen LogP contribution in [0, 0.1) is 19.8 Å². The lowest BCUT2D eigenvalue weighted by Gasteiger charge is -2.27. The van der Waals surface area contributed by atoms with Crippen LogP contribution in [0.4, 0.5) is 18.9 Å². The summed E-state index contributed by atoms with van der Waals surface area (Å²) in [7, 11) is 0. The average molecular weight is 539 g/mol. The highest BCUT2D eigenvalue weighted by atomic mass is 32.1. The molecule has 0 bridgehead atoms. The number of aryl methyl sites for hydroxylation is 3. The first-order valence-corrected chi connectivity index (χ1v) is 12.5. The highest BCUT2D eigenvalue weighted by Crippen LogP contribution is 2.43. The molecule has 5 rings (SSSR count). The third-order valence-corrected chi connectivity index (χ3v) is 6.86. The van der Waals surface area contributed by atoms with E-state index in [0.717, 1.165) is 57.6 Å². The number of anilines is 1. The molecule has 1 heterocycles. The molecular weight excluding hydrogens is 513 g/mol. The summed E-state index contributed by atoms with van der Waals surface area (Å²) in [5, 5.41) is 12.2. The Kier molecular flexibility index (Phi) is 7.07. The summed E-state index contributed by atoms with van der Waals surface area (Å²) in [5.41, 5.74) is 10.6. The maximum atomic E-state index is 12.5. The molecule has 10 heteroatoms. The fourth-order valence-corrected chi connectivity index (χ4v) is 5.04. The number of nitrogens with zero attached hydrogens (tertiary/aromatic N) is 2. The predicted molar refractivity (Wildman–Crippen MR) is 145 cm³/mol. The van der Waals surface area contributed by atoms with Crippen molar-refractivity contribution in [3.63, 3.8) is 0 Å². The van der Waals surface area contributed by atoms with Gasteiger partial charge >= 0.3 is 6.36 Å². The lowest BCUT2D eigenvalue weighted by atomic mass is 9.77. The summed E-state index contributed by atoms with van der Waals surface area (Å²) in [6, 6.07) is 17.8. The van der Waals surface area contributed by atoms with Gasteiger partial charge in [0.05, 0.1) is 11.9 Å². The van der Waals surface area contributed by atoms with Crippen LogP contribution in [0.1, 0.15) is 45.9 Å². The number of nitrogens with one attached hydrogen (secondary N) is 2. The fraction of sp³-hybridized carbons (Fsp3) is 0.250. The topological polar surface area (TPSA) is 67.2 Å². The number of oxime groups is 1. The summed E-state index contributed by atoms with van der Waals surface area (Å²) < 4.78 is 41.3. The Labute approximate surface area is 223 Å². The normalized spacial score (nSPS) is 18.3. The first-order valence-electron chi connectivity index (χ1n) is 12.1. The van der Waals surface area contributed by atoms with Gasteiger partial charge in [-0.1, -0.05) is 35.5 Å². The molecule has 1 aliphatic carbocycles. The van der Waals surface area contributed by atoms with E-state index in [2.05, 4.69) is 31.8 Å². The van der Waals surface area contributed by atoms with Gasteiger partial charge in [-0.15, -0.1) is 13.2 Å². The monoisotopic (exact) mass is 538 g/mol. The second-order valence-corrected chi connectivity index (χ2v) is 9.68. The first-order chi connectivity index (χ1) is 18.2. The highest BCUT2D eigenvalue weighted by Gasteiger charge is 2.40. The molecule has 3 aromatic carbocycles. The molecule has 0 aromatic heterocycles. The van der Waals surface area contributed by atoms with E-state index in [-0.39, 0.29) is 17.8 Å². The minimum Gasteiger partial charge on any atom is -0.406 e. The Morgan fingerprint density at radius 1 is 1.11 bits per heavy atom. The molecule has 0 spiro atoms. The molecule has 1 aliphatic heterocycles. The number of hydrogen-bond acceptors (Lipinski definition) is 5. The van der Waals surface area contributed by atoms with Crippen molar-refractivity contribution in [2.75, 3.05) is 5.32 Å². The summed E-state index contributed by atoms with van der Waals surface area (Å²) in [6.45, 7) is 4.04. The molecule has 2 aliphatic rings. The van der Waals surface area contributed by atoms with Crippen molar-refractivity contribution in [1.82, 2.24) is 5.43 Å². The Bertz CT molecular complexity index is 1400. The molecule has 2 N–H and O–H groups in total. The number of thiocarbonyl (C=S) groups is 1. The van der Waals surface area contributed by atoms with E-state index in [0.29, 0.717) is 5.11 Å². The van der Waals surface area contributed by atoms with Crippen LogP contribution in [-0.4, -0.2) is 23.4 Å². The molecule has 0 radical (unpaired) electrons. The van der Waals surface area contributed by atoms with E-state index >= 15 is 0 Å². The van der Waals surface area contributed by atoms with Gasteiger partial charge in [0.15, 0.2) is 11.2 Å². The fourth-order valence-electron chi connectivity index (χ4n) is 4.88. The van der Waals surface area contributed by atoms with Gasteiger partial charge in [-0.2, -0.15) is 5.10 Å². The zero-order valence-corrected chi connectivity index (χ0v) is 21.5. The third kappa shape index (κ3) is 5.65. The number of alkyl halides is 3. The first kappa shape index (κ1) is 25.7. The van der Waals surface area contributed by atoms with Crippen LogP contribution in [0.3, 0.4) is 0 Å². The molecule has 38 heavy (non-hydrogen) atoms. The molecule has 0 saturated carbocycles. The standard InChI is InChI=1S/C28H25F3N4O2S/c1-16-4-3-5-17(2)24(16)33-27(38)34-32-15-18-6-12-22-20(14-18)9-13-23-25(35-37-26(22)23)19-7-10-21(11-8-19)36-28(29,30)31/h3-8,10-12,14-15,23,26H,9,13H2,1-2H3,(H2,33,34,38)/b32-15+.